The van der Waals surface area contributed by atoms with Crippen LogP contribution < -0.4 is 10.6 Å². The highest BCUT2D eigenvalue weighted by Crippen LogP contribution is 2.35. The Morgan fingerprint density at radius 2 is 1.92 bits per heavy atom. The van der Waals surface area contributed by atoms with Crippen molar-refractivity contribution in [3.05, 3.63) is 59.4 Å². The summed E-state index contributed by atoms with van der Waals surface area (Å²) >= 11 is 1.50. The van der Waals surface area contributed by atoms with Gasteiger partial charge in [0.1, 0.15) is 0 Å². The summed E-state index contributed by atoms with van der Waals surface area (Å²) in [4.78, 5) is 31.9. The molecule has 4 N–H and O–H groups in total. The summed E-state index contributed by atoms with van der Waals surface area (Å²) in [6.45, 7) is 2.21. The molecule has 11 heteroatoms. The van der Waals surface area contributed by atoms with Gasteiger partial charge in [0, 0.05) is 30.4 Å². The van der Waals surface area contributed by atoms with Crippen LogP contribution >= 0.6 is 11.3 Å². The van der Waals surface area contributed by atoms with Crippen molar-refractivity contribution in [1.29, 1.82) is 0 Å². The van der Waals surface area contributed by atoms with E-state index in [0.29, 0.717) is 12.6 Å². The summed E-state index contributed by atoms with van der Waals surface area (Å²) in [6, 6.07) is 9.05. The third-order valence-electron chi connectivity index (χ3n) is 6.65. The van der Waals surface area contributed by atoms with E-state index in [1.165, 1.54) is 16.2 Å². The zero-order chi connectivity index (χ0) is 25.2. The van der Waals surface area contributed by atoms with Crippen LogP contribution in [0.1, 0.15) is 55.9 Å². The average molecular weight is 511 g/mol. The molecule has 0 radical (unpaired) electrons. The van der Waals surface area contributed by atoms with Crippen molar-refractivity contribution in [1.82, 2.24) is 25.0 Å². The van der Waals surface area contributed by atoms with Gasteiger partial charge >= 0.3 is 0 Å². The molecular formula is C25H30N6O4S. The number of nitrogens with one attached hydrogen (secondary N) is 2. The first-order valence-electron chi connectivity index (χ1n) is 12.2. The van der Waals surface area contributed by atoms with E-state index in [1.54, 1.807) is 17.8 Å². The largest absolute Gasteiger partial charge is 0.380 e. The molecule has 36 heavy (non-hydrogen) atoms. The van der Waals surface area contributed by atoms with Gasteiger partial charge in [-0.1, -0.05) is 12.1 Å². The Labute approximate surface area is 213 Å². The number of benzene rings is 1. The molecule has 1 saturated carbocycles. The Balaban J connectivity index is 1.18. The van der Waals surface area contributed by atoms with Crippen molar-refractivity contribution in [2.24, 2.45) is 0 Å². The van der Waals surface area contributed by atoms with Crippen molar-refractivity contribution in [3.63, 3.8) is 0 Å². The highest BCUT2D eigenvalue weighted by Gasteiger charge is 2.39. The van der Waals surface area contributed by atoms with E-state index in [0.717, 1.165) is 47.8 Å². The standard InChI is InChI=1S/C25H30N6O4S/c1-15(16-5-9-18(10-6-16)31-13-3-11-26-31)27-23(34)21(32)22(33)24(35)30-12-2-4-20(30)19-14-36-25(29-19)28-17-7-8-17/h3,5-6,9-11,13-15,17,20-22,32-33H,2,4,7-8,12H2,1H3,(H,27,34)(H,28,29)/t15-,20-,21-,22-/m1/s1. The minimum Gasteiger partial charge on any atom is -0.380 e. The van der Waals surface area contributed by atoms with Crippen molar-refractivity contribution < 1.29 is 19.8 Å². The average Bonchev–Trinajstić information content (AvgIpc) is 3.31. The van der Waals surface area contributed by atoms with Crippen molar-refractivity contribution >= 4 is 28.3 Å². The normalized spacial score (nSPS) is 20.1. The number of anilines is 1. The van der Waals surface area contributed by atoms with Crippen LogP contribution in [-0.2, 0) is 9.59 Å². The Hall–Kier alpha value is -3.28. The maximum Gasteiger partial charge on any atom is 0.255 e. The highest BCUT2D eigenvalue weighted by atomic mass is 32.1. The number of hydrogen-bond acceptors (Lipinski definition) is 8. The lowest BCUT2D eigenvalue weighted by Gasteiger charge is -2.28. The number of thiazole rings is 1. The quantitative estimate of drug-likeness (QED) is 0.347. The first-order chi connectivity index (χ1) is 17.4. The van der Waals surface area contributed by atoms with Gasteiger partial charge in [-0.2, -0.15) is 5.10 Å². The van der Waals surface area contributed by atoms with Gasteiger partial charge in [0.2, 0.25) is 0 Å². The van der Waals surface area contributed by atoms with Crippen LogP contribution in [0, 0.1) is 0 Å². The molecule has 5 rings (SSSR count). The molecule has 2 aliphatic rings. The van der Waals surface area contributed by atoms with Crippen molar-refractivity contribution in [2.75, 3.05) is 11.9 Å². The Morgan fingerprint density at radius 1 is 1.14 bits per heavy atom. The van der Waals surface area contributed by atoms with Crippen LogP contribution in [0.4, 0.5) is 5.13 Å². The predicted molar refractivity (Wildman–Crippen MR) is 135 cm³/mol. The number of nitrogens with zero attached hydrogens (tertiary/aromatic N) is 4. The summed E-state index contributed by atoms with van der Waals surface area (Å²) in [7, 11) is 0. The summed E-state index contributed by atoms with van der Waals surface area (Å²) < 4.78 is 1.72. The minimum absolute atomic E-state index is 0.277. The first-order valence-corrected chi connectivity index (χ1v) is 13.1. The second kappa shape index (κ2) is 10.4. The van der Waals surface area contributed by atoms with Crippen LogP contribution in [-0.4, -0.2) is 66.5 Å². The summed E-state index contributed by atoms with van der Waals surface area (Å²) in [6.07, 6.45) is 3.55. The molecule has 0 unspecified atom stereocenters. The number of aliphatic hydroxyl groups is 2. The second-order valence-electron chi connectivity index (χ2n) is 9.35. The Bertz CT molecular complexity index is 1190. The number of amides is 2. The van der Waals surface area contributed by atoms with E-state index >= 15 is 0 Å². The van der Waals surface area contributed by atoms with Gasteiger partial charge in [-0.05, 0) is 56.4 Å². The molecule has 2 fully saturated rings. The lowest BCUT2D eigenvalue weighted by Crippen LogP contribution is -2.51. The number of aliphatic hydroxyl groups excluding tert-OH is 2. The maximum absolute atomic E-state index is 13.1. The molecule has 0 bridgehead atoms. The van der Waals surface area contributed by atoms with Gasteiger partial charge in [0.15, 0.2) is 17.3 Å². The molecule has 3 heterocycles. The molecule has 2 amide bonds. The maximum atomic E-state index is 13.1. The number of aromatic nitrogens is 3. The summed E-state index contributed by atoms with van der Waals surface area (Å²) in [5, 5.41) is 34.1. The molecule has 3 aromatic rings. The molecule has 1 saturated heterocycles. The third-order valence-corrected chi connectivity index (χ3v) is 7.44. The van der Waals surface area contributed by atoms with Gasteiger partial charge in [0.05, 0.1) is 23.5 Å². The van der Waals surface area contributed by atoms with Gasteiger partial charge < -0.3 is 25.7 Å². The lowest BCUT2D eigenvalue weighted by atomic mass is 10.1. The fourth-order valence-corrected chi connectivity index (χ4v) is 5.25. The fourth-order valence-electron chi connectivity index (χ4n) is 4.41. The highest BCUT2D eigenvalue weighted by molar-refractivity contribution is 7.13. The van der Waals surface area contributed by atoms with Crippen molar-refractivity contribution in [2.45, 2.75) is 62.9 Å². The van der Waals surface area contributed by atoms with E-state index < -0.39 is 30.1 Å². The number of carbonyl (C=O) groups excluding carboxylic acids is 2. The lowest BCUT2D eigenvalue weighted by molar-refractivity contribution is -0.154. The molecule has 1 aliphatic carbocycles. The second-order valence-corrected chi connectivity index (χ2v) is 10.2. The molecule has 10 nitrogen and oxygen atoms in total. The smallest absolute Gasteiger partial charge is 0.255 e. The summed E-state index contributed by atoms with van der Waals surface area (Å²) in [5.41, 5.74) is 2.46. The Kier molecular flexibility index (Phi) is 7.04. The molecule has 0 spiro atoms. The van der Waals surface area contributed by atoms with Crippen LogP contribution in [0.2, 0.25) is 0 Å². The molecule has 4 atom stereocenters. The first kappa shape index (κ1) is 24.4. The fraction of sp³-hybridized carbons (Fsp3) is 0.440. The summed E-state index contributed by atoms with van der Waals surface area (Å²) in [5.74, 6) is -1.47. The van der Waals surface area contributed by atoms with Gasteiger partial charge in [-0.3, -0.25) is 9.59 Å². The van der Waals surface area contributed by atoms with Crippen LogP contribution in [0.25, 0.3) is 5.69 Å². The Morgan fingerprint density at radius 3 is 2.61 bits per heavy atom. The SMILES string of the molecule is C[C@@H](NC(=O)[C@H](O)[C@@H](O)C(=O)N1CCC[C@@H]1c1csc(NC2CC2)n1)c1ccc(-n2cccn2)cc1. The molecule has 1 aromatic carbocycles. The zero-order valence-electron chi connectivity index (χ0n) is 19.9. The molecule has 190 valence electrons. The monoisotopic (exact) mass is 510 g/mol. The van der Waals surface area contributed by atoms with E-state index in [2.05, 4.69) is 20.7 Å². The molecular weight excluding hydrogens is 480 g/mol. The number of likely N-dealkylation sites (tertiary alicyclic amines) is 1. The van der Waals surface area contributed by atoms with E-state index in [4.69, 9.17) is 0 Å². The van der Waals surface area contributed by atoms with Crippen LogP contribution in [0.3, 0.4) is 0 Å². The van der Waals surface area contributed by atoms with Crippen LogP contribution in [0.5, 0.6) is 0 Å². The third kappa shape index (κ3) is 5.28. The topological polar surface area (TPSA) is 133 Å². The van der Waals surface area contributed by atoms with Gasteiger partial charge in [-0.15, -0.1) is 11.3 Å². The minimum atomic E-state index is -1.88. The predicted octanol–water partition coefficient (Wildman–Crippen LogP) is 2.17. The number of carbonyl (C=O) groups is 2. The van der Waals surface area contributed by atoms with Gasteiger partial charge in [-0.25, -0.2) is 9.67 Å². The van der Waals surface area contributed by atoms with Crippen LogP contribution in [0.15, 0.2) is 48.1 Å². The van der Waals surface area contributed by atoms with Crippen molar-refractivity contribution in [3.8, 4) is 5.69 Å². The molecule has 2 aromatic heterocycles. The van der Waals surface area contributed by atoms with E-state index in [-0.39, 0.29) is 6.04 Å². The number of rotatable bonds is 9. The van der Waals surface area contributed by atoms with E-state index in [9.17, 15) is 19.8 Å². The number of hydrogen-bond donors (Lipinski definition) is 4. The zero-order valence-corrected chi connectivity index (χ0v) is 20.8. The van der Waals surface area contributed by atoms with Gasteiger partial charge in [0.25, 0.3) is 11.8 Å². The van der Waals surface area contributed by atoms with E-state index in [1.807, 2.05) is 41.9 Å². The molecule has 1 aliphatic heterocycles.